The average Bonchev–Trinajstić information content (AvgIpc) is 2.90. The lowest BCUT2D eigenvalue weighted by Crippen LogP contribution is -2.24. The van der Waals surface area contributed by atoms with Crippen LogP contribution in [-0.2, 0) is 6.61 Å². The third kappa shape index (κ3) is 5.52. The number of hydrogen-bond donors (Lipinski definition) is 2. The summed E-state index contributed by atoms with van der Waals surface area (Å²) in [5, 5.41) is 6.61. The van der Waals surface area contributed by atoms with Gasteiger partial charge in [-0.1, -0.05) is 23.7 Å². The van der Waals surface area contributed by atoms with Crippen LogP contribution >= 0.6 is 11.6 Å². The van der Waals surface area contributed by atoms with Gasteiger partial charge in [-0.3, -0.25) is 4.79 Å². The third-order valence-corrected chi connectivity index (χ3v) is 5.53. The van der Waals surface area contributed by atoms with E-state index in [0.717, 1.165) is 6.26 Å². The number of carbonyl (C=O) groups is 1. The molecule has 2 heterocycles. The van der Waals surface area contributed by atoms with E-state index in [0.29, 0.717) is 44.4 Å². The number of benzene rings is 3. The van der Waals surface area contributed by atoms with Crippen molar-refractivity contribution in [1.82, 2.24) is 9.97 Å². The first-order valence-corrected chi connectivity index (χ1v) is 11.4. The van der Waals surface area contributed by atoms with Crippen LogP contribution in [0.2, 0.25) is 5.02 Å². The molecule has 0 radical (unpaired) electrons. The molecule has 0 unspecified atom stereocenters. The Balaban J connectivity index is 1.34. The first-order chi connectivity index (χ1) is 18.4. The summed E-state index contributed by atoms with van der Waals surface area (Å²) in [5.41, 5.74) is -0.320. The van der Waals surface area contributed by atoms with Gasteiger partial charge in [-0.25, -0.2) is 23.9 Å². The van der Waals surface area contributed by atoms with Gasteiger partial charge in [0.15, 0.2) is 0 Å². The molecule has 2 aromatic heterocycles. The summed E-state index contributed by atoms with van der Waals surface area (Å²) in [6.07, 6.45) is 2.13. The Bertz CT molecular complexity index is 1790. The van der Waals surface area contributed by atoms with E-state index in [4.69, 9.17) is 16.3 Å². The molecule has 1 amide bonds. The fourth-order valence-corrected chi connectivity index (χ4v) is 3.70. The van der Waals surface area contributed by atoms with E-state index in [9.17, 15) is 18.8 Å². The fourth-order valence-electron chi connectivity index (χ4n) is 3.47. The van der Waals surface area contributed by atoms with Crippen LogP contribution in [0.5, 0.6) is 5.75 Å². The molecule has 2 N–H and O–H groups in total. The van der Waals surface area contributed by atoms with Crippen LogP contribution in [0.3, 0.4) is 0 Å². The molecule has 5 aromatic rings. The lowest BCUT2D eigenvalue weighted by atomic mass is 10.2. The number of aromatic nitrogens is 2. The smallest absolute Gasteiger partial charge is 0.423 e. The largest absolute Gasteiger partial charge is 0.487 e. The first kappa shape index (κ1) is 24.7. The molecule has 0 atom stereocenters. The highest BCUT2D eigenvalue weighted by Gasteiger charge is 2.14. The summed E-state index contributed by atoms with van der Waals surface area (Å²) < 4.78 is 28.2. The van der Waals surface area contributed by atoms with Crippen LogP contribution in [0, 0.1) is 5.82 Å². The Morgan fingerprint density at radius 1 is 1.00 bits per heavy atom. The zero-order valence-corrected chi connectivity index (χ0v) is 20.0. The predicted molar refractivity (Wildman–Crippen MR) is 136 cm³/mol. The maximum absolute atomic E-state index is 13.4. The summed E-state index contributed by atoms with van der Waals surface area (Å²) in [7, 11) is 0. The minimum atomic E-state index is -1.29. The molecule has 38 heavy (non-hydrogen) atoms. The average molecular weight is 535 g/mol. The van der Waals surface area contributed by atoms with E-state index in [2.05, 4.69) is 29.4 Å². The van der Waals surface area contributed by atoms with Gasteiger partial charge < -0.3 is 24.2 Å². The van der Waals surface area contributed by atoms with Gasteiger partial charge in [0.25, 0.3) is 5.91 Å². The van der Waals surface area contributed by atoms with Crippen molar-refractivity contribution in [2.24, 2.45) is 0 Å². The van der Waals surface area contributed by atoms with Gasteiger partial charge in [0.1, 0.15) is 36.6 Å². The fraction of sp³-hybridized carbons (Fsp3) is 0.0385. The van der Waals surface area contributed by atoms with Crippen molar-refractivity contribution < 1.29 is 22.8 Å². The predicted octanol–water partition coefficient (Wildman–Crippen LogP) is 4.90. The standard InChI is InChI=1S/C26H16ClFN4O6/c27-19-10-17(5-7-21(19)36-11-14-2-1-3-15(28)8-14)31-23-18-9-16(4-6-20(18)29-13-30-23)32-24(33)22-12-37-25(34)26(35)38-22/h1-10,12-13H,11H2,(H,32,33)(H,29,30,31). The minimum absolute atomic E-state index is 0.147. The highest BCUT2D eigenvalue weighted by atomic mass is 35.5. The number of hydrogen-bond acceptors (Lipinski definition) is 9. The number of amides is 1. The van der Waals surface area contributed by atoms with E-state index in [1.165, 1.54) is 18.5 Å². The molecule has 0 fully saturated rings. The molecule has 190 valence electrons. The zero-order chi connectivity index (χ0) is 26.6. The Labute approximate surface area is 217 Å². The van der Waals surface area contributed by atoms with E-state index >= 15 is 0 Å². The molecule has 5 rings (SSSR count). The van der Waals surface area contributed by atoms with Crippen molar-refractivity contribution in [3.63, 3.8) is 0 Å². The van der Waals surface area contributed by atoms with Crippen molar-refractivity contribution in [1.29, 1.82) is 0 Å². The lowest BCUT2D eigenvalue weighted by molar-refractivity contribution is 0.0984. The molecule has 12 heteroatoms. The molecular weight excluding hydrogens is 519 g/mol. The van der Waals surface area contributed by atoms with E-state index in [1.54, 1.807) is 48.5 Å². The number of nitrogens with one attached hydrogen (secondary N) is 2. The van der Waals surface area contributed by atoms with E-state index in [1.807, 2.05) is 0 Å². The molecular formula is C26H16ClFN4O6. The van der Waals surface area contributed by atoms with Gasteiger partial charge in [-0.2, -0.15) is 0 Å². The number of nitrogens with zero attached hydrogens (tertiary/aromatic N) is 2. The molecule has 0 aliphatic rings. The van der Waals surface area contributed by atoms with Crippen LogP contribution in [0.25, 0.3) is 10.9 Å². The molecule has 0 bridgehead atoms. The molecule has 0 saturated carbocycles. The second kappa shape index (κ2) is 10.5. The maximum atomic E-state index is 13.4. The van der Waals surface area contributed by atoms with Crippen LogP contribution in [0.4, 0.5) is 21.6 Å². The number of carbonyl (C=O) groups excluding carboxylic acids is 1. The summed E-state index contributed by atoms with van der Waals surface area (Å²) in [4.78, 5) is 43.3. The molecule has 0 saturated heterocycles. The quantitative estimate of drug-likeness (QED) is 0.279. The van der Waals surface area contributed by atoms with Crippen molar-refractivity contribution >= 4 is 45.6 Å². The van der Waals surface area contributed by atoms with Crippen LogP contribution in [-0.4, -0.2) is 15.9 Å². The Hall–Kier alpha value is -5.03. The number of rotatable bonds is 7. The first-order valence-electron chi connectivity index (χ1n) is 11.0. The number of anilines is 3. The molecule has 3 aromatic carbocycles. The SMILES string of the molecule is O=C(Nc1ccc2ncnc(Nc3ccc(OCc4cccc(F)c4)c(Cl)c3)c2c1)c1coc(=O)c(=O)o1. The topological polar surface area (TPSA) is 137 Å². The molecule has 0 aliphatic carbocycles. The lowest BCUT2D eigenvalue weighted by Gasteiger charge is -2.12. The normalized spacial score (nSPS) is 10.8. The maximum Gasteiger partial charge on any atom is 0.423 e. The van der Waals surface area contributed by atoms with Crippen molar-refractivity contribution in [3.8, 4) is 5.75 Å². The summed E-state index contributed by atoms with van der Waals surface area (Å²) in [5.74, 6) is -0.768. The minimum Gasteiger partial charge on any atom is -0.487 e. The second-order valence-corrected chi connectivity index (χ2v) is 8.28. The Morgan fingerprint density at radius 2 is 1.84 bits per heavy atom. The zero-order valence-electron chi connectivity index (χ0n) is 19.2. The summed E-state index contributed by atoms with van der Waals surface area (Å²) in [6, 6.07) is 16.0. The van der Waals surface area contributed by atoms with Crippen LogP contribution in [0.1, 0.15) is 16.1 Å². The highest BCUT2D eigenvalue weighted by Crippen LogP contribution is 2.31. The van der Waals surface area contributed by atoms with Gasteiger partial charge >= 0.3 is 11.3 Å². The van der Waals surface area contributed by atoms with Crippen LogP contribution in [0.15, 0.2) is 91.7 Å². The van der Waals surface area contributed by atoms with Crippen molar-refractivity contribution in [3.05, 3.63) is 116 Å². The Morgan fingerprint density at radius 3 is 2.63 bits per heavy atom. The molecule has 0 spiro atoms. The van der Waals surface area contributed by atoms with Gasteiger partial charge in [0.2, 0.25) is 5.76 Å². The summed E-state index contributed by atoms with van der Waals surface area (Å²) >= 11 is 6.40. The van der Waals surface area contributed by atoms with Gasteiger partial charge in [-0.05, 0) is 54.1 Å². The van der Waals surface area contributed by atoms with Crippen molar-refractivity contribution in [2.45, 2.75) is 6.61 Å². The van der Waals surface area contributed by atoms with Crippen molar-refractivity contribution in [2.75, 3.05) is 10.6 Å². The van der Waals surface area contributed by atoms with Crippen LogP contribution < -0.4 is 26.6 Å². The monoisotopic (exact) mass is 534 g/mol. The number of halogens is 2. The number of ether oxygens (including phenoxy) is 1. The second-order valence-electron chi connectivity index (χ2n) is 7.87. The summed E-state index contributed by atoms with van der Waals surface area (Å²) in [6.45, 7) is 0.147. The highest BCUT2D eigenvalue weighted by molar-refractivity contribution is 6.32. The van der Waals surface area contributed by atoms with Gasteiger partial charge in [-0.15, -0.1) is 0 Å². The molecule has 0 aliphatic heterocycles. The third-order valence-electron chi connectivity index (χ3n) is 5.24. The molecule has 10 nitrogen and oxygen atoms in total. The van der Waals surface area contributed by atoms with E-state index in [-0.39, 0.29) is 12.4 Å². The number of fused-ring (bicyclic) bond motifs is 1. The Kier molecular flexibility index (Phi) is 6.83. The van der Waals surface area contributed by atoms with Gasteiger partial charge in [0, 0.05) is 16.8 Å². The van der Waals surface area contributed by atoms with E-state index < -0.39 is 22.9 Å². The van der Waals surface area contributed by atoms with Gasteiger partial charge in [0.05, 0.1) is 10.5 Å².